The quantitative estimate of drug-likeness (QED) is 0.490. The van der Waals surface area contributed by atoms with Crippen LogP contribution in [0.2, 0.25) is 0 Å². The normalized spacial score (nSPS) is 10.8. The van der Waals surface area contributed by atoms with Crippen LogP contribution in [-0.4, -0.2) is 31.6 Å². The molecule has 0 radical (unpaired) electrons. The lowest BCUT2D eigenvalue weighted by molar-refractivity contribution is -0.115. The van der Waals surface area contributed by atoms with E-state index in [2.05, 4.69) is 20.9 Å². The van der Waals surface area contributed by atoms with Crippen LogP contribution in [0.5, 0.6) is 0 Å². The lowest BCUT2D eigenvalue weighted by atomic mass is 10.4. The van der Waals surface area contributed by atoms with Gasteiger partial charge in [-0.2, -0.15) is 0 Å². The Labute approximate surface area is 137 Å². The molecular weight excluding hydrogens is 322 g/mol. The molecule has 116 valence electrons. The number of furan rings is 1. The number of thioether (sulfide) groups is 1. The highest BCUT2D eigenvalue weighted by Gasteiger charge is 2.10. The van der Waals surface area contributed by atoms with E-state index in [1.54, 1.807) is 29.8 Å². The minimum Gasteiger partial charge on any atom is -0.465 e. The molecule has 2 heterocycles. The minimum atomic E-state index is -0.357. The number of hydrogen-bond acceptors (Lipinski definition) is 6. The minimum absolute atomic E-state index is 0.162. The second kappa shape index (κ2) is 7.76. The molecular formula is C13H15N5O2S2. The Hall–Kier alpha value is -2.13. The SMILES string of the molecule is CCSc1nnc(C)n1NC(=S)NC(=O)C=Cc1ccco1. The molecule has 0 aliphatic heterocycles. The van der Waals surface area contributed by atoms with Crippen LogP contribution >= 0.6 is 24.0 Å². The Morgan fingerprint density at radius 3 is 3.05 bits per heavy atom. The highest BCUT2D eigenvalue weighted by atomic mass is 32.2. The van der Waals surface area contributed by atoms with Crippen molar-refractivity contribution in [3.8, 4) is 0 Å². The van der Waals surface area contributed by atoms with Crippen LogP contribution in [0.15, 0.2) is 34.0 Å². The van der Waals surface area contributed by atoms with Crippen LogP contribution in [0.1, 0.15) is 18.5 Å². The average Bonchev–Trinajstić information content (AvgIpc) is 3.10. The maximum atomic E-state index is 11.8. The van der Waals surface area contributed by atoms with Crippen LogP contribution in [0, 0.1) is 6.92 Å². The van der Waals surface area contributed by atoms with Crippen molar-refractivity contribution in [1.82, 2.24) is 20.2 Å². The van der Waals surface area contributed by atoms with Gasteiger partial charge in [0.1, 0.15) is 11.6 Å². The average molecular weight is 337 g/mol. The summed E-state index contributed by atoms with van der Waals surface area (Å²) in [6, 6.07) is 3.49. The molecule has 0 spiro atoms. The number of carbonyl (C=O) groups excluding carboxylic acids is 1. The molecule has 0 saturated carbocycles. The number of aromatic nitrogens is 3. The summed E-state index contributed by atoms with van der Waals surface area (Å²) < 4.78 is 6.73. The van der Waals surface area contributed by atoms with E-state index in [1.165, 1.54) is 24.1 Å². The van der Waals surface area contributed by atoms with E-state index in [9.17, 15) is 4.79 Å². The highest BCUT2D eigenvalue weighted by Crippen LogP contribution is 2.14. The Morgan fingerprint density at radius 2 is 2.36 bits per heavy atom. The number of rotatable bonds is 5. The fourth-order valence-electron chi connectivity index (χ4n) is 1.52. The molecule has 0 bridgehead atoms. The number of nitrogens with zero attached hydrogens (tertiary/aromatic N) is 3. The van der Waals surface area contributed by atoms with Crippen LogP contribution < -0.4 is 10.7 Å². The molecule has 2 aromatic heterocycles. The first kappa shape index (κ1) is 16.2. The molecule has 7 nitrogen and oxygen atoms in total. The second-order valence-corrected chi connectivity index (χ2v) is 5.72. The molecule has 2 N–H and O–H groups in total. The van der Waals surface area contributed by atoms with E-state index >= 15 is 0 Å². The van der Waals surface area contributed by atoms with E-state index in [0.717, 1.165) is 5.75 Å². The molecule has 9 heteroatoms. The third-order valence-corrected chi connectivity index (χ3v) is 3.47. The highest BCUT2D eigenvalue weighted by molar-refractivity contribution is 7.99. The van der Waals surface area contributed by atoms with Gasteiger partial charge >= 0.3 is 0 Å². The number of aryl methyl sites for hydroxylation is 1. The maximum absolute atomic E-state index is 11.8. The monoisotopic (exact) mass is 337 g/mol. The molecule has 2 rings (SSSR count). The Morgan fingerprint density at radius 1 is 1.55 bits per heavy atom. The molecule has 0 unspecified atom stereocenters. The van der Waals surface area contributed by atoms with Gasteiger partial charge < -0.3 is 4.42 Å². The third-order valence-electron chi connectivity index (χ3n) is 2.46. The number of hydrogen-bond donors (Lipinski definition) is 2. The predicted molar refractivity (Wildman–Crippen MR) is 89.0 cm³/mol. The molecule has 0 atom stereocenters. The number of amides is 1. The topological polar surface area (TPSA) is 85.0 Å². The number of nitrogens with one attached hydrogen (secondary N) is 2. The summed E-state index contributed by atoms with van der Waals surface area (Å²) in [6.07, 6.45) is 4.43. The standard InChI is InChI=1S/C13H15N5O2S2/c1-3-22-13-16-15-9(2)18(13)17-12(21)14-11(19)7-6-10-5-4-8-20-10/h4-8H,3H2,1-2H3,(H2,14,17,19,21). The molecule has 0 fully saturated rings. The maximum Gasteiger partial charge on any atom is 0.250 e. The van der Waals surface area contributed by atoms with Crippen LogP contribution in [0.3, 0.4) is 0 Å². The van der Waals surface area contributed by atoms with Crippen molar-refractivity contribution in [2.45, 2.75) is 19.0 Å². The second-order valence-electron chi connectivity index (χ2n) is 4.08. The van der Waals surface area contributed by atoms with Gasteiger partial charge in [0.2, 0.25) is 11.1 Å². The van der Waals surface area contributed by atoms with Crippen molar-refractivity contribution >= 4 is 41.1 Å². The fourth-order valence-corrected chi connectivity index (χ4v) is 2.38. The van der Waals surface area contributed by atoms with E-state index in [1.807, 2.05) is 6.92 Å². The smallest absolute Gasteiger partial charge is 0.250 e. The van der Waals surface area contributed by atoms with Gasteiger partial charge in [-0.25, -0.2) is 4.68 Å². The van der Waals surface area contributed by atoms with E-state index in [0.29, 0.717) is 16.7 Å². The summed E-state index contributed by atoms with van der Waals surface area (Å²) in [5, 5.41) is 11.4. The summed E-state index contributed by atoms with van der Waals surface area (Å²) in [4.78, 5) is 11.8. The fraction of sp³-hybridized carbons (Fsp3) is 0.231. The van der Waals surface area contributed by atoms with Crippen molar-refractivity contribution in [2.75, 3.05) is 11.2 Å². The first-order valence-corrected chi connectivity index (χ1v) is 7.88. The van der Waals surface area contributed by atoms with Crippen molar-refractivity contribution in [3.05, 3.63) is 36.1 Å². The number of thiocarbonyl (C=S) groups is 1. The molecule has 0 saturated heterocycles. The number of carbonyl (C=O) groups is 1. The van der Waals surface area contributed by atoms with Gasteiger partial charge in [0, 0.05) is 6.08 Å². The first-order valence-electron chi connectivity index (χ1n) is 6.48. The van der Waals surface area contributed by atoms with Gasteiger partial charge in [-0.3, -0.25) is 15.5 Å². The largest absolute Gasteiger partial charge is 0.465 e. The summed E-state index contributed by atoms with van der Waals surface area (Å²) in [7, 11) is 0. The van der Waals surface area contributed by atoms with E-state index < -0.39 is 0 Å². The Balaban J connectivity index is 1.92. The lowest BCUT2D eigenvalue weighted by Gasteiger charge is -2.11. The van der Waals surface area contributed by atoms with E-state index in [4.69, 9.17) is 16.6 Å². The van der Waals surface area contributed by atoms with Crippen molar-refractivity contribution in [1.29, 1.82) is 0 Å². The zero-order valence-corrected chi connectivity index (χ0v) is 13.7. The van der Waals surface area contributed by atoms with Crippen molar-refractivity contribution < 1.29 is 9.21 Å². The van der Waals surface area contributed by atoms with Crippen LogP contribution in [0.25, 0.3) is 6.08 Å². The van der Waals surface area contributed by atoms with Gasteiger partial charge in [0.05, 0.1) is 6.26 Å². The van der Waals surface area contributed by atoms with E-state index in [-0.39, 0.29) is 11.0 Å². The molecule has 1 amide bonds. The van der Waals surface area contributed by atoms with Gasteiger partial charge in [0.25, 0.3) is 0 Å². The zero-order chi connectivity index (χ0) is 15.9. The van der Waals surface area contributed by atoms with Crippen LogP contribution in [0.4, 0.5) is 0 Å². The van der Waals surface area contributed by atoms with Crippen molar-refractivity contribution in [3.63, 3.8) is 0 Å². The molecule has 0 aliphatic rings. The summed E-state index contributed by atoms with van der Waals surface area (Å²) in [5.74, 6) is 1.73. The molecule has 22 heavy (non-hydrogen) atoms. The van der Waals surface area contributed by atoms with Crippen LogP contribution in [-0.2, 0) is 4.79 Å². The lowest BCUT2D eigenvalue weighted by Crippen LogP contribution is -2.37. The van der Waals surface area contributed by atoms with Gasteiger partial charge in [0.15, 0.2) is 5.11 Å². The summed E-state index contributed by atoms with van der Waals surface area (Å²) in [6.45, 7) is 3.81. The predicted octanol–water partition coefficient (Wildman–Crippen LogP) is 1.95. The van der Waals surface area contributed by atoms with Crippen molar-refractivity contribution in [2.24, 2.45) is 0 Å². The zero-order valence-electron chi connectivity index (χ0n) is 12.1. The van der Waals surface area contributed by atoms with Gasteiger partial charge in [-0.15, -0.1) is 10.2 Å². The first-order chi connectivity index (χ1) is 10.6. The third kappa shape index (κ3) is 4.43. The molecule has 0 aliphatic carbocycles. The molecule has 2 aromatic rings. The summed E-state index contributed by atoms with van der Waals surface area (Å²) >= 11 is 6.63. The Bertz CT molecular complexity index is 679. The summed E-state index contributed by atoms with van der Waals surface area (Å²) in [5.41, 5.74) is 2.88. The van der Waals surface area contributed by atoms with Gasteiger partial charge in [-0.05, 0) is 43.1 Å². The van der Waals surface area contributed by atoms with Gasteiger partial charge in [-0.1, -0.05) is 18.7 Å². The Kier molecular flexibility index (Phi) is 5.73. The molecule has 0 aromatic carbocycles.